The minimum atomic E-state index is -3.47. The Bertz CT molecular complexity index is 884. The number of allylic oxidation sites excluding steroid dienone is 2. The van der Waals surface area contributed by atoms with Gasteiger partial charge in [-0.2, -0.15) is 0 Å². The van der Waals surface area contributed by atoms with Crippen molar-refractivity contribution < 1.29 is 4.79 Å². The molecule has 3 aromatic rings. The number of hydrogen-bond acceptors (Lipinski definition) is 1. The van der Waals surface area contributed by atoms with Gasteiger partial charge in [0.15, 0.2) is 0 Å². The van der Waals surface area contributed by atoms with Gasteiger partial charge in [-0.15, -0.1) is 0 Å². The van der Waals surface area contributed by atoms with Crippen LogP contribution in [0.15, 0.2) is 103 Å². The summed E-state index contributed by atoms with van der Waals surface area (Å²) < 4.78 is 4.86. The summed E-state index contributed by atoms with van der Waals surface area (Å²) in [5.74, 6) is 1.06. The molecule has 0 N–H and O–H groups in total. The summed E-state index contributed by atoms with van der Waals surface area (Å²) in [4.78, 5) is 12.3. The Morgan fingerprint density at radius 2 is 1.07 bits per heavy atom. The van der Waals surface area contributed by atoms with Gasteiger partial charge in [0, 0.05) is 0 Å². The van der Waals surface area contributed by atoms with Crippen LogP contribution in [0.1, 0.15) is 6.42 Å². The molecule has 2 bridgehead atoms. The number of benzene rings is 3. The molecule has 0 aromatic heterocycles. The Kier molecular flexibility index (Phi) is 4.72. The SMILES string of the molecule is O=C[C@@H]1[C@@H]([Sn]([c]2ccccc2)([c]2ccccc2)[c]2ccccc2)[C@@H]2C=C[C@H]1C2. The first-order chi connectivity index (χ1) is 13.9. The Morgan fingerprint density at radius 3 is 1.50 bits per heavy atom. The zero-order chi connectivity index (χ0) is 19.0. The van der Waals surface area contributed by atoms with Gasteiger partial charge in [-0.25, -0.2) is 0 Å². The molecule has 1 saturated carbocycles. The van der Waals surface area contributed by atoms with Gasteiger partial charge in [0.1, 0.15) is 0 Å². The molecule has 0 heterocycles. The number of aldehydes is 1. The summed E-state index contributed by atoms with van der Waals surface area (Å²) >= 11 is -3.47. The van der Waals surface area contributed by atoms with Gasteiger partial charge in [-0.05, 0) is 0 Å². The van der Waals surface area contributed by atoms with Crippen molar-refractivity contribution in [3.8, 4) is 0 Å². The van der Waals surface area contributed by atoms with Crippen molar-refractivity contribution in [1.29, 1.82) is 0 Å². The van der Waals surface area contributed by atoms with Gasteiger partial charge in [-0.3, -0.25) is 0 Å². The average molecular weight is 471 g/mol. The van der Waals surface area contributed by atoms with Crippen LogP contribution in [-0.4, -0.2) is 24.7 Å². The average Bonchev–Trinajstić information content (AvgIpc) is 3.39. The molecule has 0 radical (unpaired) electrons. The zero-order valence-corrected chi connectivity index (χ0v) is 18.7. The molecule has 2 heteroatoms. The number of carbonyl (C=O) groups excluding carboxylic acids is 1. The van der Waals surface area contributed by atoms with E-state index in [1.54, 1.807) is 0 Å². The summed E-state index contributed by atoms with van der Waals surface area (Å²) in [5, 5.41) is 0. The number of carbonyl (C=O) groups is 1. The molecule has 28 heavy (non-hydrogen) atoms. The molecule has 0 unspecified atom stereocenters. The van der Waals surface area contributed by atoms with E-state index in [4.69, 9.17) is 0 Å². The van der Waals surface area contributed by atoms with Crippen molar-refractivity contribution in [2.75, 3.05) is 0 Å². The van der Waals surface area contributed by atoms with Gasteiger partial charge < -0.3 is 0 Å². The van der Waals surface area contributed by atoms with E-state index in [1.165, 1.54) is 17.0 Å². The van der Waals surface area contributed by atoms with Crippen molar-refractivity contribution >= 4 is 35.4 Å². The molecule has 138 valence electrons. The third-order valence-corrected chi connectivity index (χ3v) is 22.7. The molecule has 4 atom stereocenters. The van der Waals surface area contributed by atoms with Crippen LogP contribution in [-0.2, 0) is 4.79 Å². The first kappa shape index (κ1) is 17.9. The fraction of sp³-hybridized carbons (Fsp3) is 0.192. The zero-order valence-electron chi connectivity index (χ0n) is 15.8. The van der Waals surface area contributed by atoms with Crippen LogP contribution in [0.5, 0.6) is 0 Å². The molecular weight excluding hydrogens is 447 g/mol. The molecule has 0 amide bonds. The molecule has 1 nitrogen and oxygen atoms in total. The second kappa shape index (κ2) is 7.36. The molecule has 2 aliphatic rings. The molecule has 0 saturated heterocycles. The maximum atomic E-state index is 12.3. The van der Waals surface area contributed by atoms with Crippen LogP contribution >= 0.6 is 0 Å². The summed E-state index contributed by atoms with van der Waals surface area (Å²) in [6.45, 7) is 0. The fourth-order valence-electron chi connectivity index (χ4n) is 5.84. The normalized spacial score (nSPS) is 25.7. The Hall–Kier alpha value is -2.13. The first-order valence-corrected chi connectivity index (χ1v) is 16.1. The van der Waals surface area contributed by atoms with Gasteiger partial charge in [0.05, 0.1) is 0 Å². The van der Waals surface area contributed by atoms with E-state index in [2.05, 4.69) is 103 Å². The Morgan fingerprint density at radius 1 is 0.643 bits per heavy atom. The van der Waals surface area contributed by atoms with Crippen molar-refractivity contribution in [2.45, 2.75) is 10.4 Å². The maximum absolute atomic E-state index is 12.3. The number of hydrogen-bond donors (Lipinski definition) is 0. The second-order valence-electron chi connectivity index (χ2n) is 8.09. The second-order valence-corrected chi connectivity index (χ2v) is 19.6. The van der Waals surface area contributed by atoms with E-state index in [1.807, 2.05) is 0 Å². The molecule has 2 aliphatic carbocycles. The predicted octanol–water partition coefficient (Wildman–Crippen LogP) is 3.55. The molecule has 1 fully saturated rings. The van der Waals surface area contributed by atoms with Gasteiger partial charge in [-0.1, -0.05) is 0 Å². The van der Waals surface area contributed by atoms with E-state index in [0.29, 0.717) is 15.8 Å². The van der Waals surface area contributed by atoms with E-state index < -0.39 is 18.4 Å². The summed E-state index contributed by atoms with van der Waals surface area (Å²) in [7, 11) is 0. The van der Waals surface area contributed by atoms with E-state index in [9.17, 15) is 4.79 Å². The van der Waals surface area contributed by atoms with Gasteiger partial charge in [0.2, 0.25) is 0 Å². The van der Waals surface area contributed by atoms with Crippen molar-refractivity contribution in [2.24, 2.45) is 17.8 Å². The molecule has 5 rings (SSSR count). The van der Waals surface area contributed by atoms with Crippen LogP contribution in [0.25, 0.3) is 0 Å². The monoisotopic (exact) mass is 472 g/mol. The quantitative estimate of drug-likeness (QED) is 0.316. The first-order valence-electron chi connectivity index (χ1n) is 10.2. The van der Waals surface area contributed by atoms with Gasteiger partial charge >= 0.3 is 171 Å². The van der Waals surface area contributed by atoms with E-state index >= 15 is 0 Å². The van der Waals surface area contributed by atoms with Gasteiger partial charge in [0.25, 0.3) is 0 Å². The Labute approximate surface area is 171 Å². The summed E-state index contributed by atoms with van der Waals surface area (Å²) in [6, 6.07) is 33.3. The number of rotatable bonds is 5. The molecular formula is C26H24OSn. The fourth-order valence-corrected chi connectivity index (χ4v) is 23.3. The summed E-state index contributed by atoms with van der Waals surface area (Å²) in [6.07, 6.45) is 7.13. The third kappa shape index (κ3) is 2.63. The summed E-state index contributed by atoms with van der Waals surface area (Å²) in [5.41, 5.74) is 0. The Balaban J connectivity index is 1.86. The number of fused-ring (bicyclic) bond motifs is 2. The van der Waals surface area contributed by atoms with E-state index in [0.717, 1.165) is 6.42 Å². The van der Waals surface area contributed by atoms with E-state index in [-0.39, 0.29) is 5.92 Å². The van der Waals surface area contributed by atoms with Crippen LogP contribution in [0.2, 0.25) is 3.93 Å². The van der Waals surface area contributed by atoms with Crippen LogP contribution in [0.4, 0.5) is 0 Å². The van der Waals surface area contributed by atoms with Crippen LogP contribution in [0, 0.1) is 17.8 Å². The topological polar surface area (TPSA) is 17.1 Å². The predicted molar refractivity (Wildman–Crippen MR) is 118 cm³/mol. The third-order valence-electron chi connectivity index (χ3n) is 6.86. The van der Waals surface area contributed by atoms with Crippen molar-refractivity contribution in [3.05, 3.63) is 103 Å². The van der Waals surface area contributed by atoms with Crippen molar-refractivity contribution in [3.63, 3.8) is 0 Å². The van der Waals surface area contributed by atoms with Crippen molar-refractivity contribution in [1.82, 2.24) is 0 Å². The molecule has 0 spiro atoms. The molecule has 3 aromatic carbocycles. The standard InChI is InChI=1S/C8H9O.3C6H5.Sn/c9-5-8-4-6-1-2-7(8)3-6;3*1-2-4-6-5-3-1;/h1-2,4-8H,3H2;3*1-5H;/t6-,7+,8+;;;;/m1..../s1. The molecule has 0 aliphatic heterocycles. The van der Waals surface area contributed by atoms with Crippen LogP contribution < -0.4 is 10.7 Å². The minimum absolute atomic E-state index is 0.131. The van der Waals surface area contributed by atoms with Crippen LogP contribution in [0.3, 0.4) is 0 Å².